The molecule has 0 aliphatic rings. The number of benzene rings is 2. The predicted molar refractivity (Wildman–Crippen MR) is 89.7 cm³/mol. The second-order valence-electron chi connectivity index (χ2n) is 5.11. The lowest BCUT2D eigenvalue weighted by atomic mass is 10.2. The molecule has 0 aliphatic carbocycles. The minimum atomic E-state index is -0.827. The van der Waals surface area contributed by atoms with Crippen molar-refractivity contribution in [2.24, 2.45) is 0 Å². The normalized spacial score (nSPS) is 11.3. The number of rotatable bonds is 6. The second kappa shape index (κ2) is 8.68. The molecule has 2 aromatic carbocycles. The molecule has 0 radical (unpaired) electrons. The first-order chi connectivity index (χ1) is 12.0. The highest BCUT2D eigenvalue weighted by Crippen LogP contribution is 2.18. The maximum absolute atomic E-state index is 12.8. The van der Waals surface area contributed by atoms with E-state index in [-0.39, 0.29) is 5.56 Å². The topological polar surface area (TPSA) is 76.7 Å². The van der Waals surface area contributed by atoms with Gasteiger partial charge in [0.05, 0.1) is 6.61 Å². The Morgan fingerprint density at radius 3 is 2.20 bits per heavy atom. The third-order valence-corrected chi connectivity index (χ3v) is 3.22. The van der Waals surface area contributed by atoms with Crippen LogP contribution in [0.2, 0.25) is 0 Å². The minimum Gasteiger partial charge on any atom is -0.494 e. The van der Waals surface area contributed by atoms with Gasteiger partial charge in [0.2, 0.25) is 0 Å². The fraction of sp³-hybridized carbons (Fsp3) is 0.222. The number of amides is 2. The van der Waals surface area contributed by atoms with Gasteiger partial charge in [0, 0.05) is 5.56 Å². The molecule has 2 amide bonds. The Morgan fingerprint density at radius 2 is 1.60 bits per heavy atom. The summed E-state index contributed by atoms with van der Waals surface area (Å²) in [4.78, 5) is 23.8. The molecule has 0 saturated heterocycles. The Labute approximate surface area is 144 Å². The van der Waals surface area contributed by atoms with Crippen LogP contribution in [0.5, 0.6) is 11.5 Å². The molecule has 132 valence electrons. The van der Waals surface area contributed by atoms with Crippen molar-refractivity contribution in [3.63, 3.8) is 0 Å². The highest BCUT2D eigenvalue weighted by molar-refractivity contribution is 5.95. The summed E-state index contributed by atoms with van der Waals surface area (Å²) in [5.41, 5.74) is 4.74. The van der Waals surface area contributed by atoms with Crippen LogP contribution in [-0.2, 0) is 4.79 Å². The maximum atomic E-state index is 12.8. The predicted octanol–water partition coefficient (Wildman–Crippen LogP) is 2.45. The molecule has 0 fully saturated rings. The molecule has 25 heavy (non-hydrogen) atoms. The molecule has 1 atom stereocenters. The van der Waals surface area contributed by atoms with Gasteiger partial charge in [-0.2, -0.15) is 0 Å². The van der Waals surface area contributed by atoms with Crippen molar-refractivity contribution < 1.29 is 23.5 Å². The zero-order chi connectivity index (χ0) is 18.2. The van der Waals surface area contributed by atoms with E-state index in [1.165, 1.54) is 12.1 Å². The van der Waals surface area contributed by atoms with Gasteiger partial charge in [-0.1, -0.05) is 0 Å². The average Bonchev–Trinajstić information content (AvgIpc) is 2.61. The number of hydrogen-bond acceptors (Lipinski definition) is 4. The number of ether oxygens (including phenoxy) is 2. The van der Waals surface area contributed by atoms with Gasteiger partial charge >= 0.3 is 0 Å². The summed E-state index contributed by atoms with van der Waals surface area (Å²) in [7, 11) is 0. The summed E-state index contributed by atoms with van der Waals surface area (Å²) in [5.74, 6) is -0.321. The molecule has 6 nitrogen and oxygen atoms in total. The van der Waals surface area contributed by atoms with Crippen molar-refractivity contribution in [2.75, 3.05) is 6.61 Å². The molecular formula is C18H19FN2O4. The molecule has 0 aliphatic heterocycles. The third-order valence-electron chi connectivity index (χ3n) is 3.22. The van der Waals surface area contributed by atoms with E-state index in [0.29, 0.717) is 18.1 Å². The molecule has 2 N–H and O–H groups in total. The van der Waals surface area contributed by atoms with E-state index in [9.17, 15) is 14.0 Å². The van der Waals surface area contributed by atoms with E-state index in [1.807, 2.05) is 6.92 Å². The smallest absolute Gasteiger partial charge is 0.279 e. The fourth-order valence-corrected chi connectivity index (χ4v) is 1.93. The van der Waals surface area contributed by atoms with Gasteiger partial charge in [-0.05, 0) is 62.4 Å². The number of hydrazine groups is 1. The summed E-state index contributed by atoms with van der Waals surface area (Å²) in [6.45, 7) is 4.00. The van der Waals surface area contributed by atoms with E-state index in [0.717, 1.165) is 12.1 Å². The molecule has 0 saturated carbocycles. The van der Waals surface area contributed by atoms with Crippen LogP contribution in [0.1, 0.15) is 24.2 Å². The summed E-state index contributed by atoms with van der Waals surface area (Å²) in [5, 5.41) is 0. The fourth-order valence-electron chi connectivity index (χ4n) is 1.93. The molecule has 2 rings (SSSR count). The van der Waals surface area contributed by atoms with Gasteiger partial charge in [0.25, 0.3) is 11.8 Å². The number of nitrogens with one attached hydrogen (secondary N) is 2. The zero-order valence-electron chi connectivity index (χ0n) is 13.9. The van der Waals surface area contributed by atoms with Gasteiger partial charge in [-0.15, -0.1) is 0 Å². The average molecular weight is 346 g/mol. The van der Waals surface area contributed by atoms with Crippen LogP contribution in [0, 0.1) is 5.82 Å². The second-order valence-corrected chi connectivity index (χ2v) is 5.11. The number of carbonyl (C=O) groups is 2. The zero-order valence-corrected chi connectivity index (χ0v) is 13.9. The quantitative estimate of drug-likeness (QED) is 0.788. The van der Waals surface area contributed by atoms with Crippen LogP contribution in [-0.4, -0.2) is 24.5 Å². The number of hydrogen-bond donors (Lipinski definition) is 2. The first-order valence-electron chi connectivity index (χ1n) is 7.75. The lowest BCUT2D eigenvalue weighted by molar-refractivity contribution is -0.128. The first-order valence-corrected chi connectivity index (χ1v) is 7.75. The summed E-state index contributed by atoms with van der Waals surface area (Å²) in [6.07, 6.45) is -0.827. The van der Waals surface area contributed by atoms with Crippen LogP contribution >= 0.6 is 0 Å². The molecule has 0 bridgehead atoms. The molecular weight excluding hydrogens is 327 g/mol. The molecule has 0 heterocycles. The Hall–Kier alpha value is -3.09. The van der Waals surface area contributed by atoms with Crippen molar-refractivity contribution in [3.8, 4) is 11.5 Å². The van der Waals surface area contributed by atoms with Gasteiger partial charge in [-0.3, -0.25) is 20.4 Å². The van der Waals surface area contributed by atoms with Crippen molar-refractivity contribution in [1.29, 1.82) is 0 Å². The van der Waals surface area contributed by atoms with Crippen LogP contribution in [0.15, 0.2) is 48.5 Å². The van der Waals surface area contributed by atoms with E-state index in [1.54, 1.807) is 31.2 Å². The molecule has 7 heteroatoms. The molecule has 0 aromatic heterocycles. The standard InChI is InChI=1S/C18H19FN2O4/c1-3-24-15-8-10-16(11-9-15)25-12(2)17(22)20-21-18(23)13-4-6-14(19)7-5-13/h4-12H,3H2,1-2H3,(H,20,22)(H,21,23). The molecule has 1 unspecified atom stereocenters. The van der Waals surface area contributed by atoms with E-state index in [4.69, 9.17) is 9.47 Å². The van der Waals surface area contributed by atoms with Crippen molar-refractivity contribution in [2.45, 2.75) is 20.0 Å². The highest BCUT2D eigenvalue weighted by atomic mass is 19.1. The van der Waals surface area contributed by atoms with E-state index < -0.39 is 23.7 Å². The van der Waals surface area contributed by atoms with Crippen LogP contribution in [0.3, 0.4) is 0 Å². The van der Waals surface area contributed by atoms with Gasteiger partial charge in [0.1, 0.15) is 17.3 Å². The van der Waals surface area contributed by atoms with Gasteiger partial charge in [0.15, 0.2) is 6.10 Å². The van der Waals surface area contributed by atoms with Crippen molar-refractivity contribution in [3.05, 3.63) is 59.9 Å². The van der Waals surface area contributed by atoms with Crippen molar-refractivity contribution in [1.82, 2.24) is 10.9 Å². The van der Waals surface area contributed by atoms with Crippen LogP contribution in [0.4, 0.5) is 4.39 Å². The van der Waals surface area contributed by atoms with E-state index >= 15 is 0 Å². The Balaban J connectivity index is 1.83. The Bertz CT molecular complexity index is 717. The lowest BCUT2D eigenvalue weighted by Gasteiger charge is -2.15. The molecule has 2 aromatic rings. The highest BCUT2D eigenvalue weighted by Gasteiger charge is 2.16. The summed E-state index contributed by atoms with van der Waals surface area (Å²) >= 11 is 0. The van der Waals surface area contributed by atoms with Crippen LogP contribution in [0.25, 0.3) is 0 Å². The first kappa shape index (κ1) is 18.3. The minimum absolute atomic E-state index is 0.224. The SMILES string of the molecule is CCOc1ccc(OC(C)C(=O)NNC(=O)c2ccc(F)cc2)cc1. The summed E-state index contributed by atoms with van der Waals surface area (Å²) < 4.78 is 23.6. The Morgan fingerprint density at radius 1 is 1.00 bits per heavy atom. The van der Waals surface area contributed by atoms with Crippen molar-refractivity contribution >= 4 is 11.8 Å². The number of carbonyl (C=O) groups excluding carboxylic acids is 2. The van der Waals surface area contributed by atoms with Gasteiger partial charge < -0.3 is 9.47 Å². The Kier molecular flexibility index (Phi) is 6.33. The molecule has 0 spiro atoms. The van der Waals surface area contributed by atoms with Crippen LogP contribution < -0.4 is 20.3 Å². The lowest BCUT2D eigenvalue weighted by Crippen LogP contribution is -2.47. The number of halogens is 1. The maximum Gasteiger partial charge on any atom is 0.279 e. The van der Waals surface area contributed by atoms with Gasteiger partial charge in [-0.25, -0.2) is 4.39 Å². The third kappa shape index (κ3) is 5.49. The largest absolute Gasteiger partial charge is 0.494 e. The summed E-state index contributed by atoms with van der Waals surface area (Å²) in [6, 6.07) is 11.8. The monoisotopic (exact) mass is 346 g/mol. The van der Waals surface area contributed by atoms with E-state index in [2.05, 4.69) is 10.9 Å².